The van der Waals surface area contributed by atoms with Gasteiger partial charge in [-0.3, -0.25) is 14.7 Å². The lowest BCUT2D eigenvalue weighted by Gasteiger charge is -2.28. The van der Waals surface area contributed by atoms with E-state index in [9.17, 15) is 9.59 Å². The van der Waals surface area contributed by atoms with Crippen molar-refractivity contribution in [2.75, 3.05) is 13.7 Å². The number of hydrogen-bond acceptors (Lipinski definition) is 4. The second kappa shape index (κ2) is 9.10. The van der Waals surface area contributed by atoms with E-state index in [0.717, 1.165) is 36.1 Å². The molecule has 0 saturated carbocycles. The van der Waals surface area contributed by atoms with Gasteiger partial charge in [0.2, 0.25) is 5.91 Å². The summed E-state index contributed by atoms with van der Waals surface area (Å²) in [5.74, 6) is 0.534. The Labute approximate surface area is 193 Å². The Hall–Kier alpha value is -3.61. The summed E-state index contributed by atoms with van der Waals surface area (Å²) in [6, 6.07) is 15.8. The molecule has 2 aromatic carbocycles. The fourth-order valence-electron chi connectivity index (χ4n) is 4.95. The zero-order valence-corrected chi connectivity index (χ0v) is 18.8. The molecule has 3 aromatic rings. The molecule has 0 bridgehead atoms. The van der Waals surface area contributed by atoms with Crippen molar-refractivity contribution >= 4 is 11.8 Å². The van der Waals surface area contributed by atoms with Gasteiger partial charge in [-0.1, -0.05) is 42.5 Å². The van der Waals surface area contributed by atoms with E-state index >= 15 is 0 Å². The number of carbonyl (C=O) groups is 2. The van der Waals surface area contributed by atoms with E-state index in [2.05, 4.69) is 27.6 Å². The summed E-state index contributed by atoms with van der Waals surface area (Å²) >= 11 is 0. The standard InChI is InChI=1S/C26H28N4O3/c1-33-23-12-5-3-8-18(23)15-24(31)30-14-13-22-20(16-30)25(29-28-22)26(32)27-21-11-6-9-17-7-2-4-10-19(17)21/h2-5,7-8,10,12,21H,6,9,11,13-16H2,1H3,(H,27,32)(H,28,29). The largest absolute Gasteiger partial charge is 0.496 e. The first kappa shape index (κ1) is 21.2. The van der Waals surface area contributed by atoms with E-state index in [4.69, 9.17) is 4.74 Å². The number of fused-ring (bicyclic) bond motifs is 2. The number of hydrogen-bond donors (Lipinski definition) is 2. The van der Waals surface area contributed by atoms with Gasteiger partial charge in [0.15, 0.2) is 5.69 Å². The van der Waals surface area contributed by atoms with Crippen LogP contribution in [-0.2, 0) is 30.6 Å². The van der Waals surface area contributed by atoms with Gasteiger partial charge in [-0.2, -0.15) is 5.10 Å². The van der Waals surface area contributed by atoms with Crippen LogP contribution in [-0.4, -0.2) is 40.6 Å². The molecule has 0 radical (unpaired) electrons. The molecule has 1 unspecified atom stereocenters. The van der Waals surface area contributed by atoms with Gasteiger partial charge < -0.3 is 15.0 Å². The SMILES string of the molecule is COc1ccccc1CC(=O)N1CCc2[nH]nc(C(=O)NC3CCCc4ccccc43)c2C1. The first-order valence-corrected chi connectivity index (χ1v) is 11.5. The van der Waals surface area contributed by atoms with Gasteiger partial charge in [-0.05, 0) is 36.5 Å². The normalized spacial score (nSPS) is 17.1. The van der Waals surface area contributed by atoms with E-state index in [-0.39, 0.29) is 24.3 Å². The van der Waals surface area contributed by atoms with Crippen molar-refractivity contribution in [2.24, 2.45) is 0 Å². The zero-order valence-electron chi connectivity index (χ0n) is 18.8. The van der Waals surface area contributed by atoms with Gasteiger partial charge in [-0.25, -0.2) is 0 Å². The third-order valence-electron chi connectivity index (χ3n) is 6.71. The number of ether oxygens (including phenoxy) is 1. The minimum atomic E-state index is -0.187. The van der Waals surface area contributed by atoms with Gasteiger partial charge in [0, 0.05) is 36.3 Å². The Morgan fingerprint density at radius 2 is 1.97 bits per heavy atom. The van der Waals surface area contributed by atoms with Crippen LogP contribution in [0.4, 0.5) is 0 Å². The number of aromatic amines is 1. The molecule has 1 aliphatic heterocycles. The van der Waals surface area contributed by atoms with Crippen LogP contribution >= 0.6 is 0 Å². The molecule has 1 aromatic heterocycles. The number of aryl methyl sites for hydroxylation is 1. The van der Waals surface area contributed by atoms with Crippen molar-refractivity contribution in [3.8, 4) is 5.75 Å². The Kier molecular flexibility index (Phi) is 5.86. The highest BCUT2D eigenvalue weighted by molar-refractivity contribution is 5.94. The molecule has 7 nitrogen and oxygen atoms in total. The Morgan fingerprint density at radius 1 is 1.15 bits per heavy atom. The molecule has 5 rings (SSSR count). The molecule has 1 aliphatic carbocycles. The molecule has 2 N–H and O–H groups in total. The number of H-pyrrole nitrogens is 1. The molecule has 2 amide bonds. The maximum atomic E-state index is 13.2. The minimum absolute atomic E-state index is 0.0123. The predicted molar refractivity (Wildman–Crippen MR) is 124 cm³/mol. The number of methoxy groups -OCH3 is 1. The Bertz CT molecular complexity index is 1190. The van der Waals surface area contributed by atoms with Gasteiger partial charge in [0.1, 0.15) is 5.75 Å². The number of amides is 2. The highest BCUT2D eigenvalue weighted by atomic mass is 16.5. The van der Waals surface area contributed by atoms with E-state index in [1.165, 1.54) is 11.1 Å². The van der Waals surface area contributed by atoms with Crippen LogP contribution in [0.25, 0.3) is 0 Å². The summed E-state index contributed by atoms with van der Waals surface area (Å²) in [7, 11) is 1.61. The van der Waals surface area contributed by atoms with Gasteiger partial charge in [0.25, 0.3) is 5.91 Å². The monoisotopic (exact) mass is 444 g/mol. The summed E-state index contributed by atoms with van der Waals surface area (Å²) in [4.78, 5) is 28.0. The van der Waals surface area contributed by atoms with Crippen LogP contribution in [0.5, 0.6) is 5.75 Å². The molecular formula is C26H28N4O3. The zero-order chi connectivity index (χ0) is 22.8. The number of nitrogens with zero attached hydrogens (tertiary/aromatic N) is 2. The highest BCUT2D eigenvalue weighted by Gasteiger charge is 2.30. The molecule has 170 valence electrons. The number of aromatic nitrogens is 2. The van der Waals surface area contributed by atoms with Crippen LogP contribution < -0.4 is 10.1 Å². The lowest BCUT2D eigenvalue weighted by Crippen LogP contribution is -2.38. The topological polar surface area (TPSA) is 87.3 Å². The average Bonchev–Trinajstić information content (AvgIpc) is 3.28. The second-order valence-corrected chi connectivity index (χ2v) is 8.70. The number of benzene rings is 2. The molecule has 33 heavy (non-hydrogen) atoms. The quantitative estimate of drug-likeness (QED) is 0.632. The number of nitrogens with one attached hydrogen (secondary N) is 2. The molecular weight excluding hydrogens is 416 g/mol. The molecule has 0 saturated heterocycles. The van der Waals surface area contributed by atoms with Gasteiger partial charge in [-0.15, -0.1) is 0 Å². The van der Waals surface area contributed by atoms with Crippen LogP contribution in [0.15, 0.2) is 48.5 Å². The molecule has 2 aliphatic rings. The minimum Gasteiger partial charge on any atom is -0.496 e. The molecule has 1 atom stereocenters. The fourth-order valence-corrected chi connectivity index (χ4v) is 4.95. The number of carbonyl (C=O) groups excluding carboxylic acids is 2. The summed E-state index contributed by atoms with van der Waals surface area (Å²) in [5.41, 5.74) is 5.49. The van der Waals surface area contributed by atoms with Crippen molar-refractivity contribution < 1.29 is 14.3 Å². The van der Waals surface area contributed by atoms with E-state index < -0.39 is 0 Å². The Morgan fingerprint density at radius 3 is 2.85 bits per heavy atom. The van der Waals surface area contributed by atoms with Gasteiger partial charge >= 0.3 is 0 Å². The Balaban J connectivity index is 1.30. The van der Waals surface area contributed by atoms with E-state index in [1.54, 1.807) is 12.0 Å². The smallest absolute Gasteiger partial charge is 0.272 e. The van der Waals surface area contributed by atoms with Crippen molar-refractivity contribution in [3.05, 3.63) is 82.2 Å². The molecule has 0 fully saturated rings. The van der Waals surface area contributed by atoms with Crippen molar-refractivity contribution in [2.45, 2.75) is 44.7 Å². The first-order valence-electron chi connectivity index (χ1n) is 11.5. The third-order valence-corrected chi connectivity index (χ3v) is 6.71. The summed E-state index contributed by atoms with van der Waals surface area (Å²) in [6.07, 6.45) is 3.92. The lowest BCUT2D eigenvalue weighted by atomic mass is 9.87. The molecule has 7 heteroatoms. The third kappa shape index (κ3) is 4.23. The molecule has 2 heterocycles. The van der Waals surface area contributed by atoms with Crippen LogP contribution in [0, 0.1) is 0 Å². The highest BCUT2D eigenvalue weighted by Crippen LogP contribution is 2.30. The summed E-state index contributed by atoms with van der Waals surface area (Å²) in [6.45, 7) is 0.976. The second-order valence-electron chi connectivity index (χ2n) is 8.70. The van der Waals surface area contributed by atoms with Crippen molar-refractivity contribution in [3.63, 3.8) is 0 Å². The van der Waals surface area contributed by atoms with Gasteiger partial charge in [0.05, 0.1) is 19.6 Å². The summed E-state index contributed by atoms with van der Waals surface area (Å²) < 4.78 is 5.39. The lowest BCUT2D eigenvalue weighted by molar-refractivity contribution is -0.131. The van der Waals surface area contributed by atoms with Crippen LogP contribution in [0.2, 0.25) is 0 Å². The number of para-hydroxylation sites is 1. The summed E-state index contributed by atoms with van der Waals surface area (Å²) in [5, 5.41) is 10.5. The van der Waals surface area contributed by atoms with Crippen molar-refractivity contribution in [1.29, 1.82) is 0 Å². The van der Waals surface area contributed by atoms with Crippen molar-refractivity contribution in [1.82, 2.24) is 20.4 Å². The first-order chi connectivity index (χ1) is 16.1. The van der Waals surface area contributed by atoms with E-state index in [0.29, 0.717) is 31.0 Å². The maximum absolute atomic E-state index is 13.2. The molecule has 0 spiro atoms. The van der Waals surface area contributed by atoms with Crippen LogP contribution in [0.1, 0.15) is 57.3 Å². The predicted octanol–water partition coefficient (Wildman–Crippen LogP) is 3.35. The van der Waals surface area contributed by atoms with Crippen LogP contribution in [0.3, 0.4) is 0 Å². The maximum Gasteiger partial charge on any atom is 0.272 e. The number of rotatable bonds is 5. The average molecular weight is 445 g/mol. The van der Waals surface area contributed by atoms with E-state index in [1.807, 2.05) is 36.4 Å². The fraction of sp³-hybridized carbons (Fsp3) is 0.346.